The van der Waals surface area contributed by atoms with Crippen LogP contribution in [0.1, 0.15) is 11.1 Å². The molecule has 1 heterocycles. The van der Waals surface area contributed by atoms with E-state index in [4.69, 9.17) is 22.8 Å². The number of hydrogen-bond acceptors (Lipinski definition) is 4. The molecule has 0 spiro atoms. The number of hydrogen-bond donors (Lipinski definition) is 1. The maximum absolute atomic E-state index is 13.1. The van der Waals surface area contributed by atoms with Crippen molar-refractivity contribution in [1.29, 1.82) is 0 Å². The number of anilines is 1. The Morgan fingerprint density at radius 1 is 1.20 bits per heavy atom. The second kappa shape index (κ2) is 9.04. The molecule has 30 heavy (non-hydrogen) atoms. The lowest BCUT2D eigenvalue weighted by molar-refractivity contribution is -0.122. The minimum absolute atomic E-state index is 0.0780. The smallest absolute Gasteiger partial charge is 0.335 e. The number of barbiturate groups is 1. The number of imide groups is 2. The standard InChI is InChI=1S/C21H13Br2ClN2O4/c1-3-6-30-18-15(22)8-12(9-16(18)23)7-14-19(27)25-21(29)26(20(14)28)17-10-13(24)5-4-11(17)2/h1,4-5,7-10H,6H2,2H3,(H,25,27,29)/b14-7+. The minimum Gasteiger partial charge on any atom is -0.479 e. The zero-order valence-corrected chi connectivity index (χ0v) is 19.4. The van der Waals surface area contributed by atoms with E-state index < -0.39 is 17.8 Å². The summed E-state index contributed by atoms with van der Waals surface area (Å²) in [5.41, 5.74) is 1.27. The van der Waals surface area contributed by atoms with Gasteiger partial charge in [0, 0.05) is 5.02 Å². The Balaban J connectivity index is 2.03. The molecular formula is C21H13Br2ClN2O4. The highest BCUT2D eigenvalue weighted by atomic mass is 79.9. The van der Waals surface area contributed by atoms with Gasteiger partial charge in [-0.2, -0.15) is 0 Å². The molecule has 2 aromatic rings. The van der Waals surface area contributed by atoms with Gasteiger partial charge in [0.05, 0.1) is 14.6 Å². The molecule has 0 aromatic heterocycles. The largest absolute Gasteiger partial charge is 0.479 e. The number of urea groups is 1. The van der Waals surface area contributed by atoms with E-state index in [1.807, 2.05) is 0 Å². The van der Waals surface area contributed by atoms with Crippen LogP contribution in [0.5, 0.6) is 5.75 Å². The summed E-state index contributed by atoms with van der Waals surface area (Å²) in [6, 6.07) is 7.31. The van der Waals surface area contributed by atoms with E-state index in [0.717, 1.165) is 4.90 Å². The average molecular weight is 553 g/mol. The lowest BCUT2D eigenvalue weighted by atomic mass is 10.1. The molecule has 1 aliphatic heterocycles. The number of amides is 4. The number of terminal acetylenes is 1. The van der Waals surface area contributed by atoms with Crippen molar-refractivity contribution >= 4 is 73.1 Å². The second-order valence-electron chi connectivity index (χ2n) is 6.20. The van der Waals surface area contributed by atoms with Crippen molar-refractivity contribution in [1.82, 2.24) is 5.32 Å². The van der Waals surface area contributed by atoms with Gasteiger partial charge in [0.2, 0.25) is 0 Å². The molecule has 0 aliphatic carbocycles. The summed E-state index contributed by atoms with van der Waals surface area (Å²) in [4.78, 5) is 38.7. The quantitative estimate of drug-likeness (QED) is 0.334. The maximum atomic E-state index is 13.1. The number of nitrogens with one attached hydrogen (secondary N) is 1. The molecular weight excluding hydrogens is 540 g/mol. The molecule has 0 atom stereocenters. The first-order chi connectivity index (χ1) is 14.2. The van der Waals surface area contributed by atoms with Gasteiger partial charge in [-0.05, 0) is 80.3 Å². The number of rotatable bonds is 4. The van der Waals surface area contributed by atoms with Crippen LogP contribution in [0.25, 0.3) is 6.08 Å². The van der Waals surface area contributed by atoms with E-state index in [1.165, 1.54) is 12.1 Å². The van der Waals surface area contributed by atoms with Crippen LogP contribution in [-0.4, -0.2) is 24.5 Å². The zero-order valence-electron chi connectivity index (χ0n) is 15.5. The predicted octanol–water partition coefficient (Wildman–Crippen LogP) is 4.85. The molecule has 0 bridgehead atoms. The highest BCUT2D eigenvalue weighted by Gasteiger charge is 2.37. The van der Waals surface area contributed by atoms with Crippen LogP contribution in [0.2, 0.25) is 5.02 Å². The van der Waals surface area contributed by atoms with Crippen LogP contribution >= 0.6 is 43.5 Å². The molecule has 1 N–H and O–H groups in total. The normalized spacial score (nSPS) is 15.2. The number of aryl methyl sites for hydroxylation is 1. The topological polar surface area (TPSA) is 75.7 Å². The van der Waals surface area contributed by atoms with Crippen molar-refractivity contribution in [3.05, 3.63) is 61.0 Å². The van der Waals surface area contributed by atoms with E-state index in [1.54, 1.807) is 31.2 Å². The summed E-state index contributed by atoms with van der Waals surface area (Å²) in [5, 5.41) is 2.54. The molecule has 0 unspecified atom stereocenters. The lowest BCUT2D eigenvalue weighted by Crippen LogP contribution is -2.54. The van der Waals surface area contributed by atoms with Crippen LogP contribution in [0.15, 0.2) is 44.9 Å². The summed E-state index contributed by atoms with van der Waals surface area (Å²) < 4.78 is 6.60. The molecule has 152 valence electrons. The van der Waals surface area contributed by atoms with Crippen LogP contribution in [0, 0.1) is 19.3 Å². The third-order valence-electron chi connectivity index (χ3n) is 4.15. The van der Waals surface area contributed by atoms with Crippen LogP contribution < -0.4 is 15.0 Å². The number of halogens is 3. The van der Waals surface area contributed by atoms with Gasteiger partial charge in [0.1, 0.15) is 17.9 Å². The molecule has 6 nitrogen and oxygen atoms in total. The highest BCUT2D eigenvalue weighted by Crippen LogP contribution is 2.36. The predicted molar refractivity (Wildman–Crippen MR) is 121 cm³/mol. The van der Waals surface area contributed by atoms with Crippen LogP contribution in [-0.2, 0) is 9.59 Å². The number of carbonyl (C=O) groups is 3. The van der Waals surface area contributed by atoms with Gasteiger partial charge in [-0.15, -0.1) is 6.42 Å². The number of benzene rings is 2. The summed E-state index contributed by atoms with van der Waals surface area (Å²) in [5.74, 6) is 1.32. The van der Waals surface area contributed by atoms with Crippen molar-refractivity contribution in [3.63, 3.8) is 0 Å². The first-order valence-corrected chi connectivity index (χ1v) is 10.4. The van der Waals surface area contributed by atoms with E-state index in [-0.39, 0.29) is 12.2 Å². The summed E-state index contributed by atoms with van der Waals surface area (Å²) in [7, 11) is 0. The van der Waals surface area contributed by atoms with E-state index in [0.29, 0.717) is 36.5 Å². The summed E-state index contributed by atoms with van der Waals surface area (Å²) in [6.45, 7) is 1.81. The van der Waals surface area contributed by atoms with Gasteiger partial charge in [-0.25, -0.2) is 9.69 Å². The number of ether oxygens (including phenoxy) is 1. The van der Waals surface area contributed by atoms with Gasteiger partial charge in [-0.3, -0.25) is 14.9 Å². The molecule has 9 heteroatoms. The highest BCUT2D eigenvalue weighted by molar-refractivity contribution is 9.11. The Morgan fingerprint density at radius 3 is 2.50 bits per heavy atom. The summed E-state index contributed by atoms with van der Waals surface area (Å²) in [6.07, 6.45) is 6.60. The van der Waals surface area contributed by atoms with Gasteiger partial charge in [0.25, 0.3) is 11.8 Å². The third-order valence-corrected chi connectivity index (χ3v) is 5.56. The fourth-order valence-electron chi connectivity index (χ4n) is 2.78. The average Bonchev–Trinajstić information content (AvgIpc) is 2.67. The van der Waals surface area contributed by atoms with Crippen molar-refractivity contribution in [3.8, 4) is 18.1 Å². The Hall–Kier alpha value is -2.60. The Labute approximate surface area is 194 Å². The molecule has 1 aliphatic rings. The van der Waals surface area contributed by atoms with Gasteiger partial charge >= 0.3 is 6.03 Å². The molecule has 2 aromatic carbocycles. The summed E-state index contributed by atoms with van der Waals surface area (Å²) >= 11 is 12.8. The Morgan fingerprint density at radius 2 is 1.87 bits per heavy atom. The van der Waals surface area contributed by atoms with Gasteiger partial charge in [-0.1, -0.05) is 23.6 Å². The number of nitrogens with zero attached hydrogens (tertiary/aromatic N) is 1. The van der Waals surface area contributed by atoms with Crippen LogP contribution in [0.3, 0.4) is 0 Å². The maximum Gasteiger partial charge on any atom is 0.335 e. The minimum atomic E-state index is -0.840. The molecule has 1 fully saturated rings. The van der Waals surface area contributed by atoms with Gasteiger partial charge < -0.3 is 4.74 Å². The first kappa shape index (κ1) is 22.1. The fraction of sp³-hybridized carbons (Fsp3) is 0.0952. The first-order valence-electron chi connectivity index (χ1n) is 8.46. The molecule has 1 saturated heterocycles. The van der Waals surface area contributed by atoms with Crippen molar-refractivity contribution in [2.45, 2.75) is 6.92 Å². The second-order valence-corrected chi connectivity index (χ2v) is 8.34. The molecule has 3 rings (SSSR count). The molecule has 0 saturated carbocycles. The lowest BCUT2D eigenvalue weighted by Gasteiger charge is -2.27. The Bertz CT molecular complexity index is 1130. The SMILES string of the molecule is C#CCOc1c(Br)cc(/C=C2\C(=O)NC(=O)N(c3cc(Cl)ccc3C)C2=O)cc1Br. The zero-order chi connectivity index (χ0) is 22.0. The van der Waals surface area contributed by atoms with Crippen molar-refractivity contribution < 1.29 is 19.1 Å². The fourth-order valence-corrected chi connectivity index (χ4v) is 4.40. The monoisotopic (exact) mass is 550 g/mol. The Kier molecular flexibility index (Phi) is 6.66. The number of carbonyl (C=O) groups excluding carboxylic acids is 3. The van der Waals surface area contributed by atoms with Crippen molar-refractivity contribution in [2.24, 2.45) is 0 Å². The molecule has 4 amide bonds. The van der Waals surface area contributed by atoms with E-state index in [2.05, 4.69) is 43.1 Å². The van der Waals surface area contributed by atoms with E-state index in [9.17, 15) is 14.4 Å². The molecule has 0 radical (unpaired) electrons. The third kappa shape index (κ3) is 4.43. The van der Waals surface area contributed by atoms with Crippen LogP contribution in [0.4, 0.5) is 10.5 Å². The van der Waals surface area contributed by atoms with Crippen molar-refractivity contribution in [2.75, 3.05) is 11.5 Å². The van der Waals surface area contributed by atoms with Gasteiger partial charge in [0.15, 0.2) is 0 Å². The van der Waals surface area contributed by atoms with E-state index >= 15 is 0 Å².